The standard InChI is InChI=1S/C28H20N.Ir/c1-28(2)25-10-6-5-9-22(25)23-14-13-19(15-26(23)28)27-16-24-20(17-29-27)12-11-18-7-3-4-8-21(18)24;/h3-12,14-17H,1-2H3;/q-1;. The Hall–Kier alpha value is -2.80. The molecule has 4 aromatic carbocycles. The molecule has 2 heteroatoms. The SMILES string of the molecule is CC1(C)c2ccccc2-c2c[c-]c(-c3cc4c(ccc5ccccc54)cn3)cc21.[Ir]. The van der Waals surface area contributed by atoms with Gasteiger partial charge in [-0.1, -0.05) is 91.7 Å². The Balaban J connectivity index is 0.00000193. The van der Waals surface area contributed by atoms with Crippen molar-refractivity contribution in [3.05, 3.63) is 102 Å². The Bertz CT molecular complexity index is 1430. The van der Waals surface area contributed by atoms with E-state index in [1.807, 2.05) is 6.20 Å². The third-order valence-electron chi connectivity index (χ3n) is 6.42. The van der Waals surface area contributed by atoms with E-state index < -0.39 is 0 Å². The molecule has 0 aliphatic heterocycles. The number of benzene rings is 4. The van der Waals surface area contributed by atoms with Crippen molar-refractivity contribution in [3.8, 4) is 22.4 Å². The van der Waals surface area contributed by atoms with Crippen LogP contribution < -0.4 is 0 Å². The summed E-state index contributed by atoms with van der Waals surface area (Å²) in [6.45, 7) is 4.62. The zero-order valence-electron chi connectivity index (χ0n) is 16.9. The molecule has 0 saturated heterocycles. The van der Waals surface area contributed by atoms with E-state index >= 15 is 0 Å². The van der Waals surface area contributed by atoms with Gasteiger partial charge >= 0.3 is 0 Å². The van der Waals surface area contributed by atoms with Crippen LogP contribution in [0.25, 0.3) is 43.9 Å². The first kappa shape index (κ1) is 19.2. The van der Waals surface area contributed by atoms with Gasteiger partial charge in [-0.25, -0.2) is 0 Å². The maximum atomic E-state index is 4.78. The van der Waals surface area contributed by atoms with Crippen molar-refractivity contribution in [1.82, 2.24) is 4.98 Å². The van der Waals surface area contributed by atoms with Crippen LogP contribution in [0.5, 0.6) is 0 Å². The summed E-state index contributed by atoms with van der Waals surface area (Å²) in [6.07, 6.45) is 1.98. The molecular formula is C28H20IrN-. The van der Waals surface area contributed by atoms with Gasteiger partial charge in [-0.3, -0.25) is 0 Å². The summed E-state index contributed by atoms with van der Waals surface area (Å²) >= 11 is 0. The number of rotatable bonds is 1. The van der Waals surface area contributed by atoms with Crippen molar-refractivity contribution < 1.29 is 20.1 Å². The van der Waals surface area contributed by atoms with E-state index in [0.29, 0.717) is 0 Å². The number of aromatic nitrogens is 1. The zero-order valence-corrected chi connectivity index (χ0v) is 19.3. The Morgan fingerprint density at radius 2 is 1.50 bits per heavy atom. The van der Waals surface area contributed by atoms with Gasteiger partial charge in [-0.15, -0.1) is 29.3 Å². The molecule has 1 nitrogen and oxygen atoms in total. The topological polar surface area (TPSA) is 12.9 Å². The second-order valence-corrected chi connectivity index (χ2v) is 8.42. The fraction of sp³-hybridized carbons (Fsp3) is 0.107. The van der Waals surface area contributed by atoms with Crippen LogP contribution in [-0.4, -0.2) is 4.98 Å². The number of pyridine rings is 1. The summed E-state index contributed by atoms with van der Waals surface area (Å²) in [5, 5.41) is 4.93. The predicted molar refractivity (Wildman–Crippen MR) is 121 cm³/mol. The molecule has 1 aliphatic rings. The van der Waals surface area contributed by atoms with Gasteiger partial charge in [-0.2, -0.15) is 0 Å². The fourth-order valence-corrected chi connectivity index (χ4v) is 4.83. The van der Waals surface area contributed by atoms with E-state index in [9.17, 15) is 0 Å². The van der Waals surface area contributed by atoms with Crippen LogP contribution in [0, 0.1) is 6.07 Å². The molecule has 0 saturated carbocycles. The van der Waals surface area contributed by atoms with Crippen molar-refractivity contribution >= 4 is 21.5 Å². The van der Waals surface area contributed by atoms with Gasteiger partial charge in [0.15, 0.2) is 0 Å². The summed E-state index contributed by atoms with van der Waals surface area (Å²) in [6, 6.07) is 31.7. The second-order valence-electron chi connectivity index (χ2n) is 8.42. The van der Waals surface area contributed by atoms with Crippen molar-refractivity contribution in [3.63, 3.8) is 0 Å². The molecule has 1 heterocycles. The van der Waals surface area contributed by atoms with Gasteiger partial charge < -0.3 is 4.98 Å². The molecular weight excluding hydrogens is 543 g/mol. The first-order valence-corrected chi connectivity index (χ1v) is 10.1. The van der Waals surface area contributed by atoms with Crippen LogP contribution >= 0.6 is 0 Å². The fourth-order valence-electron chi connectivity index (χ4n) is 4.83. The summed E-state index contributed by atoms with van der Waals surface area (Å²) in [5.74, 6) is 0. The molecule has 0 N–H and O–H groups in total. The Morgan fingerprint density at radius 3 is 2.40 bits per heavy atom. The number of hydrogen-bond acceptors (Lipinski definition) is 1. The minimum atomic E-state index is -0.0146. The summed E-state index contributed by atoms with van der Waals surface area (Å²) < 4.78 is 0. The van der Waals surface area contributed by atoms with E-state index in [4.69, 9.17) is 4.98 Å². The largest absolute Gasteiger partial charge is 0.304 e. The van der Waals surface area contributed by atoms with E-state index in [1.54, 1.807) is 0 Å². The Morgan fingerprint density at radius 1 is 0.733 bits per heavy atom. The van der Waals surface area contributed by atoms with E-state index in [0.717, 1.165) is 11.3 Å². The molecule has 30 heavy (non-hydrogen) atoms. The van der Waals surface area contributed by atoms with Gasteiger partial charge in [0.05, 0.1) is 0 Å². The van der Waals surface area contributed by atoms with E-state index in [2.05, 4.69) is 98.8 Å². The maximum Gasteiger partial charge on any atom is 0.0239 e. The number of hydrogen-bond donors (Lipinski definition) is 0. The minimum absolute atomic E-state index is 0. The molecule has 0 unspecified atom stereocenters. The average Bonchev–Trinajstić information content (AvgIpc) is 3.00. The van der Waals surface area contributed by atoms with Gasteiger partial charge in [-0.05, 0) is 38.2 Å². The average molecular weight is 563 g/mol. The quantitative estimate of drug-likeness (QED) is 0.156. The monoisotopic (exact) mass is 563 g/mol. The van der Waals surface area contributed by atoms with Gasteiger partial charge in [0.1, 0.15) is 0 Å². The zero-order chi connectivity index (χ0) is 19.6. The third kappa shape index (κ3) is 2.68. The first-order chi connectivity index (χ1) is 14.1. The molecule has 0 bridgehead atoms. The molecule has 0 atom stereocenters. The van der Waals surface area contributed by atoms with Crippen LogP contribution in [0.3, 0.4) is 0 Å². The minimum Gasteiger partial charge on any atom is -0.304 e. The number of nitrogens with zero attached hydrogens (tertiary/aromatic N) is 1. The van der Waals surface area contributed by atoms with E-state index in [-0.39, 0.29) is 25.5 Å². The van der Waals surface area contributed by atoms with Gasteiger partial charge in [0, 0.05) is 26.3 Å². The second kappa shape index (κ2) is 6.87. The van der Waals surface area contributed by atoms with Gasteiger partial charge in [0.2, 0.25) is 0 Å². The summed E-state index contributed by atoms with van der Waals surface area (Å²) in [4.78, 5) is 4.78. The molecule has 1 aliphatic carbocycles. The molecule has 1 radical (unpaired) electrons. The predicted octanol–water partition coefficient (Wildman–Crippen LogP) is 7.16. The molecule has 0 fully saturated rings. The molecule has 6 rings (SSSR count). The van der Waals surface area contributed by atoms with Crippen LogP contribution in [0.15, 0.2) is 85.1 Å². The smallest absolute Gasteiger partial charge is 0.0239 e. The normalized spacial score (nSPS) is 13.7. The van der Waals surface area contributed by atoms with Crippen molar-refractivity contribution in [2.24, 2.45) is 0 Å². The molecule has 0 spiro atoms. The molecule has 5 aromatic rings. The Kier molecular flexibility index (Phi) is 4.39. The van der Waals surface area contributed by atoms with Crippen molar-refractivity contribution in [2.45, 2.75) is 19.3 Å². The van der Waals surface area contributed by atoms with Gasteiger partial charge in [0.25, 0.3) is 0 Å². The van der Waals surface area contributed by atoms with Crippen molar-refractivity contribution in [1.29, 1.82) is 0 Å². The maximum absolute atomic E-state index is 4.78. The number of fused-ring (bicyclic) bond motifs is 6. The first-order valence-electron chi connectivity index (χ1n) is 10.1. The Labute approximate surface area is 190 Å². The molecule has 147 valence electrons. The van der Waals surface area contributed by atoms with Crippen LogP contribution in [-0.2, 0) is 25.5 Å². The van der Waals surface area contributed by atoms with Crippen LogP contribution in [0.2, 0.25) is 0 Å². The molecule has 0 amide bonds. The summed E-state index contributed by atoms with van der Waals surface area (Å²) in [7, 11) is 0. The van der Waals surface area contributed by atoms with E-state index in [1.165, 1.54) is 43.8 Å². The molecule has 1 aromatic heterocycles. The van der Waals surface area contributed by atoms with Crippen molar-refractivity contribution in [2.75, 3.05) is 0 Å². The van der Waals surface area contributed by atoms with Crippen LogP contribution in [0.1, 0.15) is 25.0 Å². The third-order valence-corrected chi connectivity index (χ3v) is 6.42. The van der Waals surface area contributed by atoms with Crippen LogP contribution in [0.4, 0.5) is 0 Å². The summed E-state index contributed by atoms with van der Waals surface area (Å²) in [5.41, 5.74) is 7.38.